The lowest BCUT2D eigenvalue weighted by Gasteiger charge is -2.13. The molecule has 0 N–H and O–H groups in total. The molecule has 11 aromatic rings. The fourth-order valence-electron chi connectivity index (χ4n) is 7.94. The highest BCUT2D eigenvalue weighted by molar-refractivity contribution is 7.27. The number of hydrogen-bond acceptors (Lipinski definition) is 3. The van der Waals surface area contributed by atoms with Crippen molar-refractivity contribution < 1.29 is 0 Å². The van der Waals surface area contributed by atoms with Gasteiger partial charge in [0.1, 0.15) is 0 Å². The van der Waals surface area contributed by atoms with Gasteiger partial charge in [-0.2, -0.15) is 0 Å². The van der Waals surface area contributed by atoms with Crippen LogP contribution >= 0.6 is 11.3 Å². The highest BCUT2D eigenvalue weighted by Crippen LogP contribution is 2.48. The van der Waals surface area contributed by atoms with Crippen LogP contribution in [0, 0.1) is 0 Å². The van der Waals surface area contributed by atoms with Crippen LogP contribution in [0.25, 0.3) is 103 Å². The molecule has 3 heterocycles. The predicted molar refractivity (Wildman–Crippen MR) is 213 cm³/mol. The lowest BCUT2D eigenvalue weighted by atomic mass is 9.99. The van der Waals surface area contributed by atoms with Crippen LogP contribution in [0.4, 0.5) is 0 Å². The molecular formula is C46H27N3S. The normalized spacial score (nSPS) is 12.0. The molecule has 0 aliphatic heterocycles. The Hall–Kier alpha value is -6.36. The summed E-state index contributed by atoms with van der Waals surface area (Å²) in [5, 5.41) is 11.2. The van der Waals surface area contributed by atoms with Crippen molar-refractivity contribution in [2.45, 2.75) is 0 Å². The van der Waals surface area contributed by atoms with Gasteiger partial charge in [0.25, 0.3) is 0 Å². The third-order valence-electron chi connectivity index (χ3n) is 10.1. The quantitative estimate of drug-likeness (QED) is 0.190. The summed E-state index contributed by atoms with van der Waals surface area (Å²) in [7, 11) is 0. The molecule has 4 heteroatoms. The van der Waals surface area contributed by atoms with E-state index in [1.54, 1.807) is 0 Å². The Bertz CT molecular complexity index is 3170. The topological polar surface area (TPSA) is 30.7 Å². The van der Waals surface area contributed by atoms with Gasteiger partial charge in [-0.05, 0) is 57.9 Å². The van der Waals surface area contributed by atoms with Gasteiger partial charge in [0.2, 0.25) is 0 Å². The lowest BCUT2D eigenvalue weighted by molar-refractivity contribution is 1.18. The molecule has 0 saturated carbocycles. The van der Waals surface area contributed by atoms with E-state index in [-0.39, 0.29) is 0 Å². The molecule has 0 bridgehead atoms. The summed E-state index contributed by atoms with van der Waals surface area (Å²) in [5.41, 5.74) is 7.46. The molecule has 0 amide bonds. The van der Waals surface area contributed by atoms with Crippen molar-refractivity contribution in [1.82, 2.24) is 14.5 Å². The number of thiophene rings is 1. The first-order valence-corrected chi connectivity index (χ1v) is 17.7. The van der Waals surface area contributed by atoms with Gasteiger partial charge in [-0.3, -0.25) is 0 Å². The minimum absolute atomic E-state index is 0.715. The summed E-state index contributed by atoms with van der Waals surface area (Å²) in [5.74, 6) is 0.715. The summed E-state index contributed by atoms with van der Waals surface area (Å²) in [6, 6.07) is 58.7. The Morgan fingerprint density at radius 3 is 2.04 bits per heavy atom. The Labute approximate surface area is 291 Å². The van der Waals surface area contributed by atoms with E-state index in [0.29, 0.717) is 5.82 Å². The van der Waals surface area contributed by atoms with E-state index in [1.165, 1.54) is 63.5 Å². The lowest BCUT2D eigenvalue weighted by Crippen LogP contribution is -1.98. The van der Waals surface area contributed by atoms with E-state index in [2.05, 4.69) is 168 Å². The number of benzene rings is 8. The predicted octanol–water partition coefficient (Wildman–Crippen LogP) is 12.7. The zero-order valence-electron chi connectivity index (χ0n) is 26.8. The van der Waals surface area contributed by atoms with E-state index in [1.807, 2.05) is 11.3 Å². The van der Waals surface area contributed by atoms with Crippen molar-refractivity contribution in [3.63, 3.8) is 0 Å². The average molecular weight is 654 g/mol. The first-order chi connectivity index (χ1) is 24.8. The molecule has 232 valence electrons. The maximum absolute atomic E-state index is 5.30. The van der Waals surface area contributed by atoms with Crippen molar-refractivity contribution in [2.75, 3.05) is 0 Å². The van der Waals surface area contributed by atoms with E-state index in [9.17, 15) is 0 Å². The van der Waals surface area contributed by atoms with Crippen LogP contribution in [-0.4, -0.2) is 14.5 Å². The third-order valence-corrected chi connectivity index (χ3v) is 11.3. The van der Waals surface area contributed by atoms with Crippen LogP contribution < -0.4 is 0 Å². The van der Waals surface area contributed by atoms with Crippen LogP contribution in [0.2, 0.25) is 0 Å². The summed E-state index contributed by atoms with van der Waals surface area (Å²) in [6.07, 6.45) is 0. The average Bonchev–Trinajstić information content (AvgIpc) is 3.74. The molecule has 0 unspecified atom stereocenters. The van der Waals surface area contributed by atoms with Crippen LogP contribution in [0.15, 0.2) is 164 Å². The number of aromatic nitrogens is 3. The summed E-state index contributed by atoms with van der Waals surface area (Å²) >= 11 is 1.89. The van der Waals surface area contributed by atoms with Crippen molar-refractivity contribution in [1.29, 1.82) is 0 Å². The molecule has 0 atom stereocenters. The Morgan fingerprint density at radius 2 is 1.16 bits per heavy atom. The van der Waals surface area contributed by atoms with Crippen LogP contribution in [0.1, 0.15) is 0 Å². The largest absolute Gasteiger partial charge is 0.308 e. The molecule has 50 heavy (non-hydrogen) atoms. The van der Waals surface area contributed by atoms with Crippen LogP contribution in [0.3, 0.4) is 0 Å². The second-order valence-corrected chi connectivity index (χ2v) is 14.0. The van der Waals surface area contributed by atoms with Gasteiger partial charge < -0.3 is 4.57 Å². The van der Waals surface area contributed by atoms with Gasteiger partial charge in [-0.1, -0.05) is 127 Å². The van der Waals surface area contributed by atoms with E-state index < -0.39 is 0 Å². The van der Waals surface area contributed by atoms with E-state index in [0.717, 1.165) is 33.4 Å². The van der Waals surface area contributed by atoms with Gasteiger partial charge in [0, 0.05) is 48.4 Å². The van der Waals surface area contributed by atoms with Crippen molar-refractivity contribution in [3.8, 4) is 28.3 Å². The van der Waals surface area contributed by atoms with Crippen molar-refractivity contribution in [3.05, 3.63) is 164 Å². The fraction of sp³-hybridized carbons (Fsp3) is 0. The Morgan fingerprint density at radius 1 is 0.460 bits per heavy atom. The fourth-order valence-corrected chi connectivity index (χ4v) is 9.20. The van der Waals surface area contributed by atoms with Crippen LogP contribution in [-0.2, 0) is 0 Å². The first kappa shape index (κ1) is 27.6. The second-order valence-electron chi connectivity index (χ2n) is 12.9. The van der Waals surface area contributed by atoms with Crippen molar-refractivity contribution in [2.24, 2.45) is 0 Å². The zero-order chi connectivity index (χ0) is 32.8. The standard InChI is InChI=1S/C46H27N3S/c1-2-13-29-26-30(25-24-28(29)12-1)43-35-18-5-8-21-38(35)47-46(48-43)31-14-11-15-32(27-31)49-39-22-9-6-19-36(39)41-33-16-3-4-17-34(33)42-37-20-7-10-23-40(37)50-45(42)44(41)49/h1-27H. The minimum Gasteiger partial charge on any atom is -0.308 e. The van der Waals surface area contributed by atoms with Crippen molar-refractivity contribution >= 4 is 85.8 Å². The number of rotatable bonds is 3. The molecule has 0 radical (unpaired) electrons. The van der Waals surface area contributed by atoms with Gasteiger partial charge in [0.15, 0.2) is 5.82 Å². The highest BCUT2D eigenvalue weighted by Gasteiger charge is 2.22. The second kappa shape index (κ2) is 10.6. The van der Waals surface area contributed by atoms with Crippen LogP contribution in [0.5, 0.6) is 0 Å². The summed E-state index contributed by atoms with van der Waals surface area (Å²) in [6.45, 7) is 0. The molecular weight excluding hydrogens is 627 g/mol. The Balaban J connectivity index is 1.20. The number of para-hydroxylation sites is 2. The van der Waals surface area contributed by atoms with Gasteiger partial charge in [-0.25, -0.2) is 9.97 Å². The SMILES string of the molecule is c1cc(-c2nc(-c3ccc4ccccc4c3)c3ccccc3n2)cc(-n2c3ccccc3c3c4ccccc4c4c5ccccc5sc4c32)c1. The molecule has 3 aromatic heterocycles. The number of hydrogen-bond donors (Lipinski definition) is 0. The summed E-state index contributed by atoms with van der Waals surface area (Å²) in [4.78, 5) is 10.4. The Kier molecular flexibility index (Phi) is 5.83. The molecule has 0 fully saturated rings. The van der Waals surface area contributed by atoms with E-state index >= 15 is 0 Å². The minimum atomic E-state index is 0.715. The maximum atomic E-state index is 5.30. The molecule has 8 aromatic carbocycles. The maximum Gasteiger partial charge on any atom is 0.160 e. The molecule has 0 aliphatic rings. The highest BCUT2D eigenvalue weighted by atomic mass is 32.1. The summed E-state index contributed by atoms with van der Waals surface area (Å²) < 4.78 is 5.07. The smallest absolute Gasteiger partial charge is 0.160 e. The van der Waals surface area contributed by atoms with Gasteiger partial charge in [-0.15, -0.1) is 11.3 Å². The van der Waals surface area contributed by atoms with E-state index in [4.69, 9.17) is 9.97 Å². The molecule has 0 saturated heterocycles. The molecule has 11 rings (SSSR count). The first-order valence-electron chi connectivity index (χ1n) is 16.9. The van der Waals surface area contributed by atoms with Gasteiger partial charge in [0.05, 0.1) is 26.9 Å². The monoisotopic (exact) mass is 653 g/mol. The molecule has 0 aliphatic carbocycles. The molecule has 0 spiro atoms. The van der Waals surface area contributed by atoms with Gasteiger partial charge >= 0.3 is 0 Å². The third kappa shape index (κ3) is 3.97. The number of fused-ring (bicyclic) bond motifs is 12. The number of nitrogens with zero attached hydrogens (tertiary/aromatic N) is 3. The molecule has 3 nitrogen and oxygen atoms in total. The zero-order valence-corrected chi connectivity index (χ0v) is 27.7.